The van der Waals surface area contributed by atoms with Crippen molar-refractivity contribution in [2.45, 2.75) is 38.6 Å². The molecule has 5 rings (SSSR count). The van der Waals surface area contributed by atoms with Crippen LogP contribution < -0.4 is 15.4 Å². The molecule has 10 nitrogen and oxygen atoms in total. The van der Waals surface area contributed by atoms with Crippen LogP contribution in [0.15, 0.2) is 41.1 Å². The summed E-state index contributed by atoms with van der Waals surface area (Å²) in [5.74, 6) is 1.76. The summed E-state index contributed by atoms with van der Waals surface area (Å²) >= 11 is 12.9. The van der Waals surface area contributed by atoms with Crippen LogP contribution in [-0.2, 0) is 19.0 Å². The maximum Gasteiger partial charge on any atom is 0.216 e. The number of quaternary nitrogens is 1. The number of aromatic nitrogens is 5. The molecule has 0 spiro atoms. The minimum absolute atomic E-state index is 0.0783. The van der Waals surface area contributed by atoms with E-state index in [1.165, 1.54) is 11.9 Å². The number of rotatable bonds is 5. The quantitative estimate of drug-likeness (QED) is 0.365. The molecule has 3 aromatic rings. The van der Waals surface area contributed by atoms with Gasteiger partial charge in [-0.05, 0) is 12.8 Å². The third-order valence-corrected chi connectivity index (χ3v) is 6.73. The van der Waals surface area contributed by atoms with Gasteiger partial charge in [-0.3, -0.25) is 10.00 Å². The first-order valence-corrected chi connectivity index (χ1v) is 11.6. The lowest BCUT2D eigenvalue weighted by molar-refractivity contribution is -0.528. The number of imidazole rings is 1. The van der Waals surface area contributed by atoms with Gasteiger partial charge in [-0.2, -0.15) is 10.1 Å². The normalized spacial score (nSPS) is 18.4. The van der Waals surface area contributed by atoms with Crippen LogP contribution in [0.3, 0.4) is 0 Å². The van der Waals surface area contributed by atoms with Gasteiger partial charge in [0.2, 0.25) is 17.4 Å². The molecule has 5 heterocycles. The van der Waals surface area contributed by atoms with Crippen molar-refractivity contribution < 1.29 is 10.1 Å². The molecule has 0 bridgehead atoms. The molecule has 0 saturated heterocycles. The second-order valence-electron chi connectivity index (χ2n) is 8.81. The Morgan fingerprint density at radius 1 is 1.35 bits per heavy atom. The summed E-state index contributed by atoms with van der Waals surface area (Å²) in [4.78, 5) is 13.0. The summed E-state index contributed by atoms with van der Waals surface area (Å²) in [5, 5.41) is 18.0. The Hall–Kier alpha value is -3.21. The van der Waals surface area contributed by atoms with E-state index in [1.807, 2.05) is 11.6 Å². The molecule has 12 heteroatoms. The topological polar surface area (TPSA) is 123 Å². The summed E-state index contributed by atoms with van der Waals surface area (Å²) in [5.41, 5.74) is 2.81. The van der Waals surface area contributed by atoms with Gasteiger partial charge >= 0.3 is 0 Å². The van der Waals surface area contributed by atoms with Gasteiger partial charge in [-0.25, -0.2) is 9.98 Å². The van der Waals surface area contributed by atoms with Crippen LogP contribution in [0.4, 0.5) is 11.8 Å². The Balaban J connectivity index is 1.48. The number of nitrogens with two attached hydrogens (primary N) is 1. The first-order chi connectivity index (χ1) is 16.3. The Bertz CT molecular complexity index is 1400. The average Bonchev–Trinajstić information content (AvgIpc) is 3.36. The van der Waals surface area contributed by atoms with E-state index in [-0.39, 0.29) is 22.1 Å². The number of hydrogen-bond acceptors (Lipinski definition) is 7. The van der Waals surface area contributed by atoms with Gasteiger partial charge in [-0.15, -0.1) is 0 Å². The lowest BCUT2D eigenvalue weighted by Crippen LogP contribution is -2.78. The summed E-state index contributed by atoms with van der Waals surface area (Å²) < 4.78 is 9.77. The van der Waals surface area contributed by atoms with Crippen LogP contribution in [0.2, 0.25) is 5.02 Å². The Kier molecular flexibility index (Phi) is 5.67. The molecule has 0 atom stereocenters. The van der Waals surface area contributed by atoms with E-state index in [9.17, 15) is 0 Å². The molecular formula is C22H24Cl2N9O+. The summed E-state index contributed by atoms with van der Waals surface area (Å²) in [7, 11) is 1.84. The molecule has 2 aliphatic rings. The fourth-order valence-corrected chi connectivity index (χ4v) is 4.76. The number of fused-ring (bicyclic) bond motifs is 2. The molecule has 4 N–H and O–H groups in total. The van der Waals surface area contributed by atoms with Crippen molar-refractivity contribution in [2.75, 3.05) is 5.32 Å². The zero-order valence-electron chi connectivity index (χ0n) is 18.9. The van der Waals surface area contributed by atoms with E-state index >= 15 is 0 Å². The highest BCUT2D eigenvalue weighted by molar-refractivity contribution is 6.69. The summed E-state index contributed by atoms with van der Waals surface area (Å²) in [6.45, 7) is 5.38. The molecule has 3 aromatic heterocycles. The van der Waals surface area contributed by atoms with Crippen LogP contribution in [0.5, 0.6) is 5.75 Å². The van der Waals surface area contributed by atoms with Gasteiger partial charge in [-0.1, -0.05) is 37.0 Å². The second-order valence-corrected chi connectivity index (χ2v) is 9.54. The van der Waals surface area contributed by atoms with Crippen LogP contribution in [0.1, 0.15) is 32.4 Å². The van der Waals surface area contributed by atoms with Gasteiger partial charge in [0, 0.05) is 30.8 Å². The Labute approximate surface area is 205 Å². The van der Waals surface area contributed by atoms with Crippen molar-refractivity contribution in [2.24, 2.45) is 12.0 Å². The fourth-order valence-electron chi connectivity index (χ4n) is 4.25. The number of aliphatic imine (C=N–C) groups is 1. The molecule has 2 aliphatic heterocycles. The van der Waals surface area contributed by atoms with Gasteiger partial charge < -0.3 is 20.0 Å². The maximum atomic E-state index is 7.76. The van der Waals surface area contributed by atoms with Crippen LogP contribution in [0.25, 0.3) is 11.2 Å². The predicted octanol–water partition coefficient (Wildman–Crippen LogP) is 3.56. The monoisotopic (exact) mass is 500 g/mol. The predicted molar refractivity (Wildman–Crippen MR) is 132 cm³/mol. The van der Waals surface area contributed by atoms with Crippen molar-refractivity contribution in [1.82, 2.24) is 24.3 Å². The third kappa shape index (κ3) is 3.87. The lowest BCUT2D eigenvalue weighted by Gasteiger charge is -2.30. The summed E-state index contributed by atoms with van der Waals surface area (Å²) in [6.07, 6.45) is 8.05. The molecule has 34 heavy (non-hydrogen) atoms. The Morgan fingerprint density at radius 3 is 2.91 bits per heavy atom. The number of aryl methyl sites for hydroxylation is 2. The van der Waals surface area contributed by atoms with Gasteiger partial charge in [0.25, 0.3) is 0 Å². The minimum Gasteiger partial charge on any atom is -0.446 e. The summed E-state index contributed by atoms with van der Waals surface area (Å²) in [6, 6.07) is 2.07. The van der Waals surface area contributed by atoms with E-state index in [2.05, 4.69) is 44.9 Å². The second kappa shape index (κ2) is 8.53. The van der Waals surface area contributed by atoms with E-state index in [4.69, 9.17) is 38.4 Å². The SMILES string of the molecule is Cn1c(Nc2cc3n(n2)CCCC3(C)C)nc2ncc(O/C(C=N)=C3/[NH2+]C=CN=C3Cl)c(Cl)c21. The maximum absolute atomic E-state index is 7.76. The standard InChI is InChI=1S/C22H23Cl2N9O/c1-22(2)5-4-8-33-14(22)9-15(31-33)29-21-30-20-18(32(21)3)16(23)13(11-28-20)34-12(10-25)17-19(24)27-7-6-26-17/h6-7,9-11,25-26H,4-5,8H2,1-3H3,(H,28,29,30,31)/p+1/b17-12+,25-10?. The molecule has 176 valence electrons. The van der Waals surface area contributed by atoms with Gasteiger partial charge in [0.15, 0.2) is 22.4 Å². The molecule has 0 aromatic carbocycles. The number of anilines is 2. The Morgan fingerprint density at radius 2 is 2.18 bits per heavy atom. The first kappa shape index (κ1) is 22.6. The number of hydrogen-bond donors (Lipinski definition) is 3. The van der Waals surface area contributed by atoms with E-state index in [0.29, 0.717) is 27.8 Å². The van der Waals surface area contributed by atoms with E-state index < -0.39 is 0 Å². The number of nitrogens with zero attached hydrogens (tertiary/aromatic N) is 6. The van der Waals surface area contributed by atoms with E-state index in [0.717, 1.165) is 31.4 Å². The van der Waals surface area contributed by atoms with Crippen molar-refractivity contribution in [3.63, 3.8) is 0 Å². The molecule has 0 aliphatic carbocycles. The number of pyridine rings is 1. The fraction of sp³-hybridized carbons (Fsp3) is 0.318. The molecule has 0 fully saturated rings. The number of halogens is 2. The van der Waals surface area contributed by atoms with Crippen molar-refractivity contribution in [3.8, 4) is 5.75 Å². The highest BCUT2D eigenvalue weighted by Crippen LogP contribution is 2.36. The van der Waals surface area contributed by atoms with Crippen LogP contribution in [0, 0.1) is 5.41 Å². The highest BCUT2D eigenvalue weighted by atomic mass is 35.5. The average molecular weight is 501 g/mol. The van der Waals surface area contributed by atoms with Gasteiger partial charge in [0.1, 0.15) is 16.7 Å². The highest BCUT2D eigenvalue weighted by Gasteiger charge is 2.30. The largest absolute Gasteiger partial charge is 0.446 e. The molecule has 0 unspecified atom stereocenters. The van der Waals surface area contributed by atoms with Crippen molar-refractivity contribution in [3.05, 3.63) is 46.8 Å². The van der Waals surface area contributed by atoms with Crippen molar-refractivity contribution in [1.29, 1.82) is 5.41 Å². The zero-order valence-corrected chi connectivity index (χ0v) is 20.4. The van der Waals surface area contributed by atoms with Crippen molar-refractivity contribution >= 4 is 57.5 Å². The molecule has 0 amide bonds. The molecular weight excluding hydrogens is 477 g/mol. The van der Waals surface area contributed by atoms with Gasteiger partial charge in [0.05, 0.1) is 18.6 Å². The molecule has 0 saturated carbocycles. The van der Waals surface area contributed by atoms with E-state index in [1.54, 1.807) is 17.7 Å². The smallest absolute Gasteiger partial charge is 0.216 e. The molecule has 0 radical (unpaired) electrons. The number of allylic oxidation sites excluding steroid dienone is 2. The number of ether oxygens (including phenoxy) is 1. The zero-order chi connectivity index (χ0) is 24.0. The lowest BCUT2D eigenvalue weighted by atomic mass is 9.82. The van der Waals surface area contributed by atoms with Crippen LogP contribution in [-0.4, -0.2) is 35.7 Å². The third-order valence-electron chi connectivity index (χ3n) is 6.07. The van der Waals surface area contributed by atoms with Crippen LogP contribution >= 0.6 is 23.2 Å². The number of nitrogens with one attached hydrogen (secondary N) is 2. The first-order valence-electron chi connectivity index (χ1n) is 10.8. The minimum atomic E-state index is 0.0783.